The number of nitrogens with one attached hydrogen (secondary N) is 1. The van der Waals surface area contributed by atoms with Crippen LogP contribution in [-0.2, 0) is 6.54 Å². The van der Waals surface area contributed by atoms with Gasteiger partial charge < -0.3 is 9.72 Å². The van der Waals surface area contributed by atoms with E-state index in [2.05, 4.69) is 15.1 Å². The molecule has 2 amide bonds. The Labute approximate surface area is 214 Å². The van der Waals surface area contributed by atoms with Crippen LogP contribution < -0.4 is 10.3 Å². The van der Waals surface area contributed by atoms with Gasteiger partial charge in [0.2, 0.25) is 0 Å². The van der Waals surface area contributed by atoms with Crippen LogP contribution in [0.1, 0.15) is 31.8 Å². The summed E-state index contributed by atoms with van der Waals surface area (Å²) in [4.78, 5) is 47.3. The van der Waals surface area contributed by atoms with Crippen molar-refractivity contribution < 1.29 is 14.3 Å². The summed E-state index contributed by atoms with van der Waals surface area (Å²) in [6, 6.07) is 17.3. The third-order valence-corrected chi connectivity index (χ3v) is 6.53. The van der Waals surface area contributed by atoms with Crippen molar-refractivity contribution in [2.45, 2.75) is 6.54 Å². The number of aromatic nitrogens is 3. The van der Waals surface area contributed by atoms with Gasteiger partial charge in [0, 0.05) is 21.5 Å². The first-order valence-corrected chi connectivity index (χ1v) is 11.7. The average molecular weight is 512 g/mol. The molecule has 0 spiro atoms. The van der Waals surface area contributed by atoms with E-state index in [4.69, 9.17) is 16.3 Å². The lowest BCUT2D eigenvalue weighted by atomic mass is 10.1. The molecule has 0 unspecified atom stereocenters. The van der Waals surface area contributed by atoms with Crippen molar-refractivity contribution >= 4 is 51.6 Å². The number of nitrogens with zero attached hydrogens (tertiary/aromatic N) is 4. The van der Waals surface area contributed by atoms with Crippen LogP contribution in [0.25, 0.3) is 21.9 Å². The van der Waals surface area contributed by atoms with Gasteiger partial charge in [-0.2, -0.15) is 9.78 Å². The van der Waals surface area contributed by atoms with Crippen LogP contribution >= 0.6 is 11.6 Å². The number of amides is 2. The first-order valence-electron chi connectivity index (χ1n) is 11.3. The lowest BCUT2D eigenvalue weighted by Crippen LogP contribution is -2.29. The van der Waals surface area contributed by atoms with Gasteiger partial charge in [-0.15, -0.1) is 0 Å². The van der Waals surface area contributed by atoms with E-state index < -0.39 is 0 Å². The zero-order chi connectivity index (χ0) is 25.7. The molecule has 3 heterocycles. The van der Waals surface area contributed by atoms with Crippen LogP contribution in [0.15, 0.2) is 76.9 Å². The summed E-state index contributed by atoms with van der Waals surface area (Å²) < 4.78 is 6.59. The second-order valence-electron chi connectivity index (χ2n) is 8.49. The highest BCUT2D eigenvalue weighted by atomic mass is 35.5. The molecule has 182 valence electrons. The highest BCUT2D eigenvalue weighted by Gasteiger charge is 2.35. The Hall–Kier alpha value is -4.76. The molecule has 0 bridgehead atoms. The van der Waals surface area contributed by atoms with Crippen molar-refractivity contribution in [2.24, 2.45) is 5.10 Å². The van der Waals surface area contributed by atoms with Crippen molar-refractivity contribution in [3.8, 4) is 5.75 Å². The number of H-pyrrole nitrogens is 1. The molecule has 1 aliphatic heterocycles. The van der Waals surface area contributed by atoms with Crippen LogP contribution in [0.3, 0.4) is 0 Å². The number of imide groups is 1. The Bertz CT molecular complexity index is 1800. The van der Waals surface area contributed by atoms with Crippen molar-refractivity contribution in [2.75, 3.05) is 7.11 Å². The number of carbonyl (C=O) groups excluding carboxylic acids is 2. The molecule has 9 nitrogen and oxygen atoms in total. The van der Waals surface area contributed by atoms with Gasteiger partial charge in [-0.1, -0.05) is 23.7 Å². The van der Waals surface area contributed by atoms with E-state index in [0.29, 0.717) is 44.1 Å². The average Bonchev–Trinajstić information content (AvgIpc) is 3.39. The molecular formula is C27H18ClN5O4. The molecule has 3 aromatic carbocycles. The second-order valence-corrected chi connectivity index (χ2v) is 8.93. The molecule has 0 radical (unpaired) electrons. The lowest BCUT2D eigenvalue weighted by Gasteiger charge is -2.16. The normalized spacial score (nSPS) is 13.3. The number of halogens is 1. The topological polar surface area (TPSA) is 110 Å². The van der Waals surface area contributed by atoms with Crippen LogP contribution in [-0.4, -0.2) is 44.7 Å². The molecule has 0 saturated carbocycles. The van der Waals surface area contributed by atoms with E-state index >= 15 is 0 Å². The molecule has 6 rings (SSSR count). The highest BCUT2D eigenvalue weighted by molar-refractivity contribution is 6.31. The van der Waals surface area contributed by atoms with Gasteiger partial charge in [0.25, 0.3) is 17.4 Å². The number of fused-ring (bicyclic) bond motifs is 4. The van der Waals surface area contributed by atoms with Crippen LogP contribution in [0.4, 0.5) is 0 Å². The van der Waals surface area contributed by atoms with Gasteiger partial charge in [-0.3, -0.25) is 19.3 Å². The standard InChI is InChI=1S/C27H18ClN5O4/c1-37-22-9-6-15(10-16(22)13-32-25(34)18-4-2-3-5-19(18)26(32)35)12-30-33-14-29-23-20-11-17(28)7-8-21(20)31-24(23)27(33)36/h2-12,14,31H,13H2,1H3/b30-12-. The fraction of sp³-hybridized carbons (Fsp3) is 0.0741. The second kappa shape index (κ2) is 8.72. The summed E-state index contributed by atoms with van der Waals surface area (Å²) in [5, 5.41) is 5.59. The number of hydrogen-bond donors (Lipinski definition) is 1. The lowest BCUT2D eigenvalue weighted by molar-refractivity contribution is 0.0641. The largest absolute Gasteiger partial charge is 0.496 e. The maximum atomic E-state index is 13.0. The number of hydrogen-bond acceptors (Lipinski definition) is 6. The van der Waals surface area contributed by atoms with E-state index in [-0.39, 0.29) is 23.9 Å². The summed E-state index contributed by atoms with van der Waals surface area (Å²) in [5.41, 5.74) is 3.24. The van der Waals surface area contributed by atoms with Crippen molar-refractivity contribution in [1.29, 1.82) is 0 Å². The van der Waals surface area contributed by atoms with Gasteiger partial charge >= 0.3 is 0 Å². The fourth-order valence-electron chi connectivity index (χ4n) is 4.48. The maximum absolute atomic E-state index is 13.0. The van der Waals surface area contributed by atoms with Crippen LogP contribution in [0.2, 0.25) is 5.02 Å². The van der Waals surface area contributed by atoms with Crippen LogP contribution in [0, 0.1) is 0 Å². The maximum Gasteiger partial charge on any atom is 0.298 e. The molecule has 0 saturated heterocycles. The van der Waals surface area contributed by atoms with E-state index in [0.717, 1.165) is 15.6 Å². The number of carbonyl (C=O) groups is 2. The van der Waals surface area contributed by atoms with E-state index in [1.807, 2.05) is 0 Å². The van der Waals surface area contributed by atoms with Crippen molar-refractivity contribution in [3.63, 3.8) is 0 Å². The Balaban J connectivity index is 1.32. The smallest absolute Gasteiger partial charge is 0.298 e. The predicted octanol–water partition coefficient (Wildman–Crippen LogP) is 4.22. The molecule has 5 aromatic rings. The van der Waals surface area contributed by atoms with Gasteiger partial charge in [0.1, 0.15) is 23.1 Å². The fourth-order valence-corrected chi connectivity index (χ4v) is 4.66. The number of benzene rings is 3. The minimum absolute atomic E-state index is 0.0300. The summed E-state index contributed by atoms with van der Waals surface area (Å²) in [7, 11) is 1.52. The Morgan fingerprint density at radius 2 is 1.78 bits per heavy atom. The zero-order valence-electron chi connectivity index (χ0n) is 19.4. The number of rotatable bonds is 5. The monoisotopic (exact) mass is 511 g/mol. The Kier molecular flexibility index (Phi) is 5.35. The summed E-state index contributed by atoms with van der Waals surface area (Å²) in [6.45, 7) is 0.0300. The molecular weight excluding hydrogens is 494 g/mol. The Morgan fingerprint density at radius 3 is 2.51 bits per heavy atom. The van der Waals surface area contributed by atoms with Gasteiger partial charge in [0.15, 0.2) is 0 Å². The first-order chi connectivity index (χ1) is 17.9. The summed E-state index contributed by atoms with van der Waals surface area (Å²) >= 11 is 6.09. The van der Waals surface area contributed by atoms with E-state index in [1.165, 1.54) is 24.6 Å². The number of aromatic amines is 1. The Morgan fingerprint density at radius 1 is 1.03 bits per heavy atom. The number of methoxy groups -OCH3 is 1. The molecule has 0 aliphatic carbocycles. The molecule has 2 aromatic heterocycles. The quantitative estimate of drug-likeness (QED) is 0.281. The molecule has 1 N–H and O–H groups in total. The molecule has 0 fully saturated rings. The van der Waals surface area contributed by atoms with Gasteiger partial charge in [-0.05, 0) is 54.1 Å². The highest BCUT2D eigenvalue weighted by Crippen LogP contribution is 2.28. The van der Waals surface area contributed by atoms with Crippen molar-refractivity contribution in [3.05, 3.63) is 105 Å². The SMILES string of the molecule is COc1ccc(/C=N\n2cnc3c([nH]c4ccc(Cl)cc43)c2=O)cc1CN1C(=O)c2ccccc2C1=O. The van der Waals surface area contributed by atoms with Gasteiger partial charge in [0.05, 0.1) is 31.0 Å². The molecule has 37 heavy (non-hydrogen) atoms. The number of ether oxygens (including phenoxy) is 1. The van der Waals surface area contributed by atoms with Crippen molar-refractivity contribution in [1.82, 2.24) is 19.5 Å². The summed E-state index contributed by atoms with van der Waals surface area (Å²) in [6.07, 6.45) is 2.85. The minimum Gasteiger partial charge on any atom is -0.496 e. The molecule has 10 heteroatoms. The molecule has 1 aliphatic rings. The third-order valence-electron chi connectivity index (χ3n) is 6.29. The van der Waals surface area contributed by atoms with Crippen LogP contribution in [0.5, 0.6) is 5.75 Å². The predicted molar refractivity (Wildman–Crippen MR) is 140 cm³/mol. The zero-order valence-corrected chi connectivity index (χ0v) is 20.2. The summed E-state index contributed by atoms with van der Waals surface area (Å²) in [5.74, 6) is -0.190. The molecule has 0 atom stereocenters. The third kappa shape index (κ3) is 3.76. The van der Waals surface area contributed by atoms with E-state index in [1.54, 1.807) is 60.7 Å². The first kappa shape index (κ1) is 22.7. The minimum atomic E-state index is -0.367. The van der Waals surface area contributed by atoms with E-state index in [9.17, 15) is 14.4 Å². The van der Waals surface area contributed by atoms with Gasteiger partial charge in [-0.25, -0.2) is 4.98 Å².